The van der Waals surface area contributed by atoms with Gasteiger partial charge >= 0.3 is 6.18 Å². The number of hydrogen-bond donors (Lipinski definition) is 0. The van der Waals surface area contributed by atoms with Gasteiger partial charge in [0.1, 0.15) is 0 Å². The molecule has 0 amide bonds. The van der Waals surface area contributed by atoms with Crippen molar-refractivity contribution in [2.24, 2.45) is 5.92 Å². The van der Waals surface area contributed by atoms with Crippen LogP contribution < -0.4 is 0 Å². The molecular weight excluding hydrogens is 189 g/mol. The first-order valence-electron chi connectivity index (χ1n) is 3.79. The summed E-state index contributed by atoms with van der Waals surface area (Å²) in [6, 6.07) is 0. The van der Waals surface area contributed by atoms with E-state index < -0.39 is 12.1 Å². The second-order valence-electron chi connectivity index (χ2n) is 3.15. The molecule has 0 radical (unpaired) electrons. The second kappa shape index (κ2) is 3.29. The molecule has 0 aromatic heterocycles. The lowest BCUT2D eigenvalue weighted by Gasteiger charge is -2.28. The molecule has 0 aromatic rings. The molecule has 2 atom stereocenters. The topological polar surface area (TPSA) is 0 Å². The van der Waals surface area contributed by atoms with Crippen LogP contribution in [0.25, 0.3) is 0 Å². The largest absolute Gasteiger partial charge is 0.392 e. The van der Waals surface area contributed by atoms with Crippen molar-refractivity contribution in [3.05, 3.63) is 12.2 Å². The molecule has 1 rings (SSSR count). The Labute approximate surface area is 74.4 Å². The maximum absolute atomic E-state index is 12.2. The van der Waals surface area contributed by atoms with Crippen molar-refractivity contribution >= 4 is 11.6 Å². The molecule has 1 fully saturated rings. The molecule has 4 heteroatoms. The summed E-state index contributed by atoms with van der Waals surface area (Å²) in [5, 5.41) is -0.261. The standard InChI is InChI=1S/C8H10ClF3/c1-5-4-6(8(10,11)12)2-3-7(5)9/h6-7H,1-4H2. The number of alkyl halides is 4. The lowest BCUT2D eigenvalue weighted by Crippen LogP contribution is -2.29. The fraction of sp³-hybridized carbons (Fsp3) is 0.750. The van der Waals surface area contributed by atoms with Gasteiger partial charge in [-0.1, -0.05) is 12.2 Å². The van der Waals surface area contributed by atoms with Crippen molar-refractivity contribution in [3.8, 4) is 0 Å². The molecule has 0 aliphatic heterocycles. The average molecular weight is 199 g/mol. The summed E-state index contributed by atoms with van der Waals surface area (Å²) in [7, 11) is 0. The average Bonchev–Trinajstić information content (AvgIpc) is 1.92. The predicted octanol–water partition coefficient (Wildman–Crippen LogP) is 3.51. The number of halogens is 4. The van der Waals surface area contributed by atoms with E-state index in [0.29, 0.717) is 12.0 Å². The van der Waals surface area contributed by atoms with E-state index in [-0.39, 0.29) is 18.2 Å². The molecule has 12 heavy (non-hydrogen) atoms. The summed E-state index contributed by atoms with van der Waals surface area (Å²) in [4.78, 5) is 0. The van der Waals surface area contributed by atoms with Gasteiger partial charge in [0, 0.05) is 0 Å². The molecule has 0 nitrogen and oxygen atoms in total. The Balaban J connectivity index is 2.57. The molecule has 0 aromatic carbocycles. The van der Waals surface area contributed by atoms with Crippen LogP contribution in [0.3, 0.4) is 0 Å². The molecule has 0 N–H and O–H groups in total. The lowest BCUT2D eigenvalue weighted by molar-refractivity contribution is -0.178. The highest BCUT2D eigenvalue weighted by Crippen LogP contribution is 2.40. The molecule has 70 valence electrons. The molecule has 0 saturated heterocycles. The minimum atomic E-state index is -4.08. The number of rotatable bonds is 0. The molecule has 1 saturated carbocycles. The van der Waals surface area contributed by atoms with Gasteiger partial charge < -0.3 is 0 Å². The highest BCUT2D eigenvalue weighted by atomic mass is 35.5. The van der Waals surface area contributed by atoms with Crippen LogP contribution in [0.4, 0.5) is 13.2 Å². The van der Waals surface area contributed by atoms with Crippen LogP contribution >= 0.6 is 11.6 Å². The van der Waals surface area contributed by atoms with Crippen molar-refractivity contribution in [1.29, 1.82) is 0 Å². The zero-order chi connectivity index (χ0) is 9.35. The van der Waals surface area contributed by atoms with E-state index in [1.807, 2.05) is 0 Å². The fourth-order valence-electron chi connectivity index (χ4n) is 1.38. The summed E-state index contributed by atoms with van der Waals surface area (Å²) < 4.78 is 36.5. The summed E-state index contributed by atoms with van der Waals surface area (Å²) in [6.07, 6.45) is -3.56. The SMILES string of the molecule is C=C1CC(C(F)(F)F)CCC1Cl. The summed E-state index contributed by atoms with van der Waals surface area (Å²) in [5.74, 6) is -1.22. The van der Waals surface area contributed by atoms with Crippen molar-refractivity contribution in [1.82, 2.24) is 0 Å². The van der Waals surface area contributed by atoms with E-state index in [0.717, 1.165) is 0 Å². The van der Waals surface area contributed by atoms with E-state index in [9.17, 15) is 13.2 Å². The third-order valence-electron chi connectivity index (χ3n) is 2.18. The van der Waals surface area contributed by atoms with Crippen LogP contribution in [0.15, 0.2) is 12.2 Å². The monoisotopic (exact) mass is 198 g/mol. The van der Waals surface area contributed by atoms with E-state index >= 15 is 0 Å². The molecule has 0 heterocycles. The molecule has 1 aliphatic rings. The summed E-state index contributed by atoms with van der Waals surface area (Å²) in [5.41, 5.74) is 0.519. The fourth-order valence-corrected chi connectivity index (χ4v) is 1.59. The van der Waals surface area contributed by atoms with Crippen LogP contribution in [0.1, 0.15) is 19.3 Å². The second-order valence-corrected chi connectivity index (χ2v) is 3.67. The van der Waals surface area contributed by atoms with Crippen LogP contribution in [-0.4, -0.2) is 11.6 Å². The smallest absolute Gasteiger partial charge is 0.171 e. The Morgan fingerprint density at radius 2 is 1.92 bits per heavy atom. The highest BCUT2D eigenvalue weighted by Gasteiger charge is 2.42. The van der Waals surface area contributed by atoms with Crippen LogP contribution in [0, 0.1) is 5.92 Å². The molecule has 0 spiro atoms. The Kier molecular flexibility index (Phi) is 2.71. The van der Waals surface area contributed by atoms with E-state index in [1.54, 1.807) is 0 Å². The van der Waals surface area contributed by atoms with Gasteiger partial charge in [-0.25, -0.2) is 0 Å². The Morgan fingerprint density at radius 1 is 1.33 bits per heavy atom. The van der Waals surface area contributed by atoms with E-state index in [1.165, 1.54) is 0 Å². The van der Waals surface area contributed by atoms with Gasteiger partial charge in [0.2, 0.25) is 0 Å². The van der Waals surface area contributed by atoms with Crippen LogP contribution in [-0.2, 0) is 0 Å². The van der Waals surface area contributed by atoms with Gasteiger partial charge in [-0.2, -0.15) is 13.2 Å². The summed E-state index contributed by atoms with van der Waals surface area (Å²) in [6.45, 7) is 3.53. The maximum atomic E-state index is 12.2. The minimum absolute atomic E-state index is 0.00231. The Morgan fingerprint density at radius 3 is 2.33 bits per heavy atom. The van der Waals surface area contributed by atoms with Crippen LogP contribution in [0.2, 0.25) is 0 Å². The highest BCUT2D eigenvalue weighted by molar-refractivity contribution is 6.22. The van der Waals surface area contributed by atoms with Gasteiger partial charge in [0.05, 0.1) is 11.3 Å². The maximum Gasteiger partial charge on any atom is 0.392 e. The first-order valence-corrected chi connectivity index (χ1v) is 4.23. The van der Waals surface area contributed by atoms with E-state index in [4.69, 9.17) is 11.6 Å². The predicted molar refractivity (Wildman–Crippen MR) is 42.2 cm³/mol. The van der Waals surface area contributed by atoms with Gasteiger partial charge in [-0.3, -0.25) is 0 Å². The third kappa shape index (κ3) is 2.16. The molecule has 1 aliphatic carbocycles. The van der Waals surface area contributed by atoms with E-state index in [2.05, 4.69) is 6.58 Å². The molecule has 0 bridgehead atoms. The Bertz CT molecular complexity index is 185. The van der Waals surface area contributed by atoms with Crippen molar-refractivity contribution in [3.63, 3.8) is 0 Å². The normalized spacial score (nSPS) is 32.2. The first kappa shape index (κ1) is 9.90. The number of allylic oxidation sites excluding steroid dienone is 1. The zero-order valence-corrected chi connectivity index (χ0v) is 7.25. The van der Waals surface area contributed by atoms with Gasteiger partial charge in [-0.15, -0.1) is 11.6 Å². The zero-order valence-electron chi connectivity index (χ0n) is 6.49. The van der Waals surface area contributed by atoms with Crippen LogP contribution in [0.5, 0.6) is 0 Å². The number of hydrogen-bond acceptors (Lipinski definition) is 0. The third-order valence-corrected chi connectivity index (χ3v) is 2.71. The Hall–Kier alpha value is -0.180. The quantitative estimate of drug-likeness (QED) is 0.413. The summed E-state index contributed by atoms with van der Waals surface area (Å²) >= 11 is 5.72. The van der Waals surface area contributed by atoms with Crippen molar-refractivity contribution in [2.45, 2.75) is 30.8 Å². The van der Waals surface area contributed by atoms with Gasteiger partial charge in [0.15, 0.2) is 0 Å². The van der Waals surface area contributed by atoms with Gasteiger partial charge in [0.25, 0.3) is 0 Å². The van der Waals surface area contributed by atoms with Crippen molar-refractivity contribution in [2.75, 3.05) is 0 Å². The minimum Gasteiger partial charge on any atom is -0.171 e. The van der Waals surface area contributed by atoms with Gasteiger partial charge in [-0.05, 0) is 19.3 Å². The van der Waals surface area contributed by atoms with Crippen molar-refractivity contribution < 1.29 is 13.2 Å². The lowest BCUT2D eigenvalue weighted by atomic mass is 9.85. The molecular formula is C8H10ClF3. The first-order chi connectivity index (χ1) is 5.41. The molecule has 2 unspecified atom stereocenters.